The third-order valence-electron chi connectivity index (χ3n) is 3.31. The summed E-state index contributed by atoms with van der Waals surface area (Å²) in [5.41, 5.74) is 0. The number of hydrogen-bond donors (Lipinski definition) is 0. The molecule has 0 saturated carbocycles. The van der Waals surface area contributed by atoms with Crippen LogP contribution in [-0.4, -0.2) is 13.7 Å². The third-order valence-corrected chi connectivity index (χ3v) is 3.31. The van der Waals surface area contributed by atoms with E-state index in [1.165, 1.54) is 6.92 Å². The van der Waals surface area contributed by atoms with Gasteiger partial charge in [0.1, 0.15) is 0 Å². The number of rotatable bonds is 6. The van der Waals surface area contributed by atoms with Gasteiger partial charge in [-0.2, -0.15) is 0 Å². The monoisotopic (exact) mass is 202 g/mol. The van der Waals surface area contributed by atoms with Crippen LogP contribution in [0.25, 0.3) is 0 Å². The second-order valence-electron chi connectivity index (χ2n) is 4.44. The molecule has 0 aromatic carbocycles. The highest BCUT2D eigenvalue weighted by atomic mass is 19.3. The molecule has 0 fully saturated rings. The van der Waals surface area contributed by atoms with Crippen LogP contribution >= 0.6 is 0 Å². The van der Waals surface area contributed by atoms with Gasteiger partial charge < -0.3 is 0 Å². The lowest BCUT2D eigenvalue weighted by atomic mass is 9.73. The molecule has 0 aromatic heterocycles. The maximum absolute atomic E-state index is 12.8. The second kappa shape index (κ2) is 5.72. The van der Waals surface area contributed by atoms with Gasteiger partial charge in [0.25, 0.3) is 0 Å². The lowest BCUT2D eigenvalue weighted by molar-refractivity contribution is -0.00152. The summed E-state index contributed by atoms with van der Waals surface area (Å²) in [4.78, 5) is 0. The van der Waals surface area contributed by atoms with E-state index in [9.17, 15) is 8.78 Å². The number of hydrogen-bond acceptors (Lipinski definition) is 0. The lowest BCUT2D eigenvalue weighted by Crippen LogP contribution is -2.33. The number of halogens is 2. The van der Waals surface area contributed by atoms with Crippen LogP contribution in [0.2, 0.25) is 0 Å². The Labute approximate surface area is 87.9 Å². The summed E-state index contributed by atoms with van der Waals surface area (Å²) in [6, 6.07) is 0. The maximum Gasteiger partial charge on any atom is 0.202 e. The van der Waals surface area contributed by atoms with Crippen molar-refractivity contribution >= 4 is 7.85 Å². The topological polar surface area (TPSA) is 0 Å². The van der Waals surface area contributed by atoms with Gasteiger partial charge in [0.2, 0.25) is 5.82 Å². The van der Waals surface area contributed by atoms with E-state index in [0.717, 1.165) is 19.3 Å². The Morgan fingerprint density at radius 2 is 1.71 bits per heavy atom. The van der Waals surface area contributed by atoms with Gasteiger partial charge in [-0.25, -0.2) is 8.78 Å². The van der Waals surface area contributed by atoms with Crippen molar-refractivity contribution in [3.8, 4) is 0 Å². The standard InChI is InChI=1S/C11H21BF2/c1-5-6-7-8(2)9(3)10(4)11(12,13)14/h8-10H,5-7H2,1-4H3. The van der Waals surface area contributed by atoms with E-state index < -0.39 is 11.7 Å². The van der Waals surface area contributed by atoms with E-state index in [1.54, 1.807) is 0 Å². The van der Waals surface area contributed by atoms with Gasteiger partial charge in [-0.15, -0.1) is 0 Å². The Morgan fingerprint density at radius 1 is 1.21 bits per heavy atom. The van der Waals surface area contributed by atoms with Crippen LogP contribution < -0.4 is 0 Å². The molecular weight excluding hydrogens is 181 g/mol. The van der Waals surface area contributed by atoms with Crippen molar-refractivity contribution < 1.29 is 8.78 Å². The molecule has 0 aromatic rings. The van der Waals surface area contributed by atoms with E-state index in [1.807, 2.05) is 13.8 Å². The summed E-state index contributed by atoms with van der Waals surface area (Å²) >= 11 is 0. The van der Waals surface area contributed by atoms with Crippen molar-refractivity contribution in [3.05, 3.63) is 0 Å². The molecule has 0 heterocycles. The molecule has 0 spiro atoms. The highest BCUT2D eigenvalue weighted by Crippen LogP contribution is 2.33. The summed E-state index contributed by atoms with van der Waals surface area (Å²) < 4.78 is 25.7. The number of unbranched alkanes of at least 4 members (excludes halogenated alkanes) is 1. The van der Waals surface area contributed by atoms with Crippen molar-refractivity contribution in [2.24, 2.45) is 17.8 Å². The van der Waals surface area contributed by atoms with Crippen molar-refractivity contribution in [1.29, 1.82) is 0 Å². The first-order valence-corrected chi connectivity index (χ1v) is 5.47. The van der Waals surface area contributed by atoms with Crippen LogP contribution in [0.4, 0.5) is 8.78 Å². The van der Waals surface area contributed by atoms with E-state index in [0.29, 0.717) is 5.92 Å². The van der Waals surface area contributed by atoms with Crippen molar-refractivity contribution in [2.45, 2.75) is 52.8 Å². The van der Waals surface area contributed by atoms with Crippen molar-refractivity contribution in [3.63, 3.8) is 0 Å². The molecule has 3 atom stereocenters. The largest absolute Gasteiger partial charge is 0.219 e. The van der Waals surface area contributed by atoms with Gasteiger partial charge in [-0.3, -0.25) is 0 Å². The number of alkyl halides is 2. The van der Waals surface area contributed by atoms with Crippen LogP contribution in [0.15, 0.2) is 0 Å². The first-order valence-electron chi connectivity index (χ1n) is 5.47. The Kier molecular flexibility index (Phi) is 5.69. The molecule has 0 aliphatic rings. The molecule has 3 unspecified atom stereocenters. The quantitative estimate of drug-likeness (QED) is 0.574. The molecule has 2 radical (unpaired) electrons. The Bertz CT molecular complexity index is 154. The van der Waals surface area contributed by atoms with Crippen LogP contribution in [-0.2, 0) is 0 Å². The first-order chi connectivity index (χ1) is 6.30. The molecule has 0 amide bonds. The fourth-order valence-corrected chi connectivity index (χ4v) is 1.63. The van der Waals surface area contributed by atoms with E-state index in [4.69, 9.17) is 7.85 Å². The molecule has 0 nitrogen and oxygen atoms in total. The fraction of sp³-hybridized carbons (Fsp3) is 1.00. The summed E-state index contributed by atoms with van der Waals surface area (Å²) in [5, 5.41) is 0. The van der Waals surface area contributed by atoms with Crippen molar-refractivity contribution in [2.75, 3.05) is 0 Å². The van der Waals surface area contributed by atoms with E-state index >= 15 is 0 Å². The van der Waals surface area contributed by atoms with Crippen molar-refractivity contribution in [1.82, 2.24) is 0 Å². The third kappa shape index (κ3) is 4.43. The maximum atomic E-state index is 12.8. The van der Waals surface area contributed by atoms with Gasteiger partial charge in [-0.1, -0.05) is 47.0 Å². The smallest absolute Gasteiger partial charge is 0.202 e. The van der Waals surface area contributed by atoms with Crippen LogP contribution in [0.5, 0.6) is 0 Å². The molecule has 0 N–H and O–H groups in total. The zero-order chi connectivity index (χ0) is 11.4. The molecule has 82 valence electrons. The Hall–Kier alpha value is -0.0751. The minimum atomic E-state index is -3.04. The summed E-state index contributed by atoms with van der Waals surface area (Å²) in [6.45, 7) is 7.54. The Balaban J connectivity index is 4.10. The minimum Gasteiger partial charge on any atom is -0.219 e. The highest BCUT2D eigenvalue weighted by Gasteiger charge is 2.35. The summed E-state index contributed by atoms with van der Waals surface area (Å²) in [5.74, 6) is -3.49. The molecular formula is C11H21BF2. The van der Waals surface area contributed by atoms with Gasteiger partial charge in [0.05, 0.1) is 0 Å². The van der Waals surface area contributed by atoms with Gasteiger partial charge >= 0.3 is 0 Å². The predicted molar refractivity (Wildman–Crippen MR) is 57.7 cm³/mol. The molecule has 0 aliphatic carbocycles. The van der Waals surface area contributed by atoms with Crippen LogP contribution in [0.1, 0.15) is 47.0 Å². The molecule has 14 heavy (non-hydrogen) atoms. The minimum absolute atomic E-state index is 0.0263. The zero-order valence-electron chi connectivity index (χ0n) is 9.69. The molecule has 3 heteroatoms. The zero-order valence-corrected chi connectivity index (χ0v) is 9.69. The molecule has 0 rings (SSSR count). The first kappa shape index (κ1) is 13.9. The van der Waals surface area contributed by atoms with Gasteiger partial charge in [-0.05, 0) is 11.8 Å². The average Bonchev–Trinajstić information content (AvgIpc) is 2.10. The predicted octanol–water partition coefficient (Wildman–Crippen LogP) is 3.85. The summed E-state index contributed by atoms with van der Waals surface area (Å²) in [6.07, 6.45) is 3.23. The van der Waals surface area contributed by atoms with Crippen LogP contribution in [0, 0.1) is 17.8 Å². The summed E-state index contributed by atoms with van der Waals surface area (Å²) in [7, 11) is 4.81. The highest BCUT2D eigenvalue weighted by molar-refractivity contribution is 6.13. The van der Waals surface area contributed by atoms with Gasteiger partial charge in [0.15, 0.2) is 7.85 Å². The SMILES string of the molecule is [B]C(F)(F)C(C)C(C)C(C)CCCC. The molecule has 0 bridgehead atoms. The van der Waals surface area contributed by atoms with Gasteiger partial charge in [0, 0.05) is 5.92 Å². The lowest BCUT2D eigenvalue weighted by Gasteiger charge is -2.30. The molecule has 0 aliphatic heterocycles. The fourth-order valence-electron chi connectivity index (χ4n) is 1.63. The second-order valence-corrected chi connectivity index (χ2v) is 4.44. The Morgan fingerprint density at radius 3 is 2.07 bits per heavy atom. The van der Waals surface area contributed by atoms with E-state index in [2.05, 4.69) is 6.92 Å². The average molecular weight is 202 g/mol. The van der Waals surface area contributed by atoms with Crippen LogP contribution in [0.3, 0.4) is 0 Å². The molecule has 0 saturated heterocycles. The van der Waals surface area contributed by atoms with E-state index in [-0.39, 0.29) is 5.92 Å². The normalized spacial score (nSPS) is 19.0.